The minimum Gasteiger partial charge on any atom is -0.464 e. The molecule has 0 aromatic heterocycles. The lowest BCUT2D eigenvalue weighted by molar-refractivity contribution is -0.140. The average Bonchev–Trinajstić information content (AvgIpc) is 3.29. The third-order valence-corrected chi connectivity index (χ3v) is 4.13. The molecule has 2 heteroatoms. The smallest absolute Gasteiger partial charge is 0.313 e. The Balaban J connectivity index is 1.66. The van der Waals surface area contributed by atoms with Gasteiger partial charge in [0.25, 0.3) is 0 Å². The molecule has 1 fully saturated rings. The fourth-order valence-corrected chi connectivity index (χ4v) is 2.97. The van der Waals surface area contributed by atoms with Crippen LogP contribution < -0.4 is 0 Å². The summed E-state index contributed by atoms with van der Waals surface area (Å²) in [4.78, 5) is 11.7. The first-order valence-corrected chi connectivity index (χ1v) is 7.04. The van der Waals surface area contributed by atoms with Crippen LogP contribution in [0.25, 0.3) is 11.1 Å². The number of ether oxygens (including phenoxy) is 1. The highest BCUT2D eigenvalue weighted by molar-refractivity contribution is 5.88. The molecule has 2 aliphatic rings. The molecule has 0 heterocycles. The maximum atomic E-state index is 11.7. The van der Waals surface area contributed by atoms with Crippen LogP contribution in [-0.4, -0.2) is 12.6 Å². The van der Waals surface area contributed by atoms with Crippen molar-refractivity contribution in [2.45, 2.75) is 18.8 Å². The number of hydrogen-bond donors (Lipinski definition) is 0. The predicted molar refractivity (Wildman–Crippen MR) is 77.2 cm³/mol. The van der Waals surface area contributed by atoms with Crippen molar-refractivity contribution in [3.8, 4) is 11.1 Å². The number of fused-ring (bicyclic) bond motifs is 3. The molecule has 0 spiro atoms. The van der Waals surface area contributed by atoms with Gasteiger partial charge >= 0.3 is 5.97 Å². The van der Waals surface area contributed by atoms with Gasteiger partial charge in [-0.1, -0.05) is 48.5 Å². The second kappa shape index (κ2) is 4.48. The molecule has 2 aliphatic carbocycles. The lowest BCUT2D eigenvalue weighted by atomic mass is 9.98. The highest BCUT2D eigenvalue weighted by Crippen LogP contribution is 2.44. The van der Waals surface area contributed by atoms with Gasteiger partial charge in [0.05, 0.1) is 5.92 Å². The fourth-order valence-electron chi connectivity index (χ4n) is 2.97. The maximum absolute atomic E-state index is 11.7. The molecule has 0 aliphatic heterocycles. The third kappa shape index (κ3) is 1.83. The topological polar surface area (TPSA) is 26.3 Å². The van der Waals surface area contributed by atoms with E-state index >= 15 is 0 Å². The first-order chi connectivity index (χ1) is 9.84. The lowest BCUT2D eigenvalue weighted by Crippen LogP contribution is -2.12. The van der Waals surface area contributed by atoms with Crippen molar-refractivity contribution in [2.24, 2.45) is 0 Å². The third-order valence-electron chi connectivity index (χ3n) is 4.13. The Morgan fingerprint density at radius 3 is 2.05 bits per heavy atom. The standard InChI is InChI=1S/C18H15O2/c19-18(12-9-10-12)20-11-17-15-7-3-1-5-13(15)14-6-2-4-8-16(14)17/h1-8,17H,9-11H2. The van der Waals surface area contributed by atoms with Crippen LogP contribution in [0.1, 0.15) is 29.9 Å². The predicted octanol–water partition coefficient (Wildman–Crippen LogP) is 3.71. The first kappa shape index (κ1) is 11.7. The summed E-state index contributed by atoms with van der Waals surface area (Å²) in [6.07, 6.45) is 1.83. The van der Waals surface area contributed by atoms with E-state index in [1.807, 2.05) is 0 Å². The summed E-state index contributed by atoms with van der Waals surface area (Å²) in [5.41, 5.74) is 5.07. The van der Waals surface area contributed by atoms with Gasteiger partial charge in [-0.3, -0.25) is 4.79 Å². The van der Waals surface area contributed by atoms with Crippen molar-refractivity contribution in [2.75, 3.05) is 6.61 Å². The number of carbonyl (C=O) groups is 1. The van der Waals surface area contributed by atoms with Crippen LogP contribution in [0, 0.1) is 5.92 Å². The summed E-state index contributed by atoms with van der Waals surface area (Å²) in [7, 11) is 0. The Kier molecular flexibility index (Phi) is 2.62. The van der Waals surface area contributed by atoms with E-state index in [0.29, 0.717) is 6.61 Å². The summed E-state index contributed by atoms with van der Waals surface area (Å²) in [6, 6.07) is 16.8. The van der Waals surface area contributed by atoms with E-state index in [4.69, 9.17) is 4.74 Å². The van der Waals surface area contributed by atoms with Crippen LogP contribution in [0.5, 0.6) is 0 Å². The Hall–Kier alpha value is -2.09. The van der Waals surface area contributed by atoms with Crippen molar-refractivity contribution in [3.63, 3.8) is 0 Å². The number of hydrogen-bond acceptors (Lipinski definition) is 2. The molecule has 20 heavy (non-hydrogen) atoms. The second-order valence-electron chi connectivity index (χ2n) is 5.43. The first-order valence-electron chi connectivity index (χ1n) is 7.04. The summed E-state index contributed by atoms with van der Waals surface area (Å²) in [6.45, 7) is 0.441. The van der Waals surface area contributed by atoms with Crippen molar-refractivity contribution < 1.29 is 9.53 Å². The molecule has 0 bridgehead atoms. The zero-order valence-electron chi connectivity index (χ0n) is 11.1. The summed E-state index contributed by atoms with van der Waals surface area (Å²) >= 11 is 0. The van der Waals surface area contributed by atoms with Gasteiger partial charge in [0.15, 0.2) is 0 Å². The Morgan fingerprint density at radius 2 is 1.50 bits per heavy atom. The van der Waals surface area contributed by atoms with Crippen LogP contribution in [0.3, 0.4) is 0 Å². The van der Waals surface area contributed by atoms with Crippen LogP contribution >= 0.6 is 0 Å². The summed E-state index contributed by atoms with van der Waals surface area (Å²) in [5.74, 6) is 1.00. The molecule has 2 aromatic rings. The van der Waals surface area contributed by atoms with Crippen LogP contribution in [0.2, 0.25) is 0 Å². The van der Waals surface area contributed by atoms with E-state index in [2.05, 4.69) is 48.5 Å². The molecule has 4 rings (SSSR count). The summed E-state index contributed by atoms with van der Waals surface area (Å²) in [5, 5.41) is 0. The largest absolute Gasteiger partial charge is 0.464 e. The zero-order chi connectivity index (χ0) is 13.5. The molecule has 2 nitrogen and oxygen atoms in total. The van der Waals surface area contributed by atoms with Gasteiger partial charge in [-0.25, -0.2) is 0 Å². The maximum Gasteiger partial charge on any atom is 0.313 e. The van der Waals surface area contributed by atoms with E-state index in [1.165, 1.54) is 22.3 Å². The molecular formula is C18H15O2. The van der Waals surface area contributed by atoms with Crippen molar-refractivity contribution >= 4 is 5.97 Å². The zero-order valence-corrected chi connectivity index (χ0v) is 11.1. The van der Waals surface area contributed by atoms with Gasteiger partial charge in [0.2, 0.25) is 0 Å². The Bertz CT molecular complexity index is 625. The minimum atomic E-state index is -0.105. The molecule has 0 amide bonds. The molecule has 0 atom stereocenters. The van der Waals surface area contributed by atoms with E-state index in [1.54, 1.807) is 0 Å². The highest BCUT2D eigenvalue weighted by Gasteiger charge is 2.34. The lowest BCUT2D eigenvalue weighted by Gasteiger charge is -2.13. The second-order valence-corrected chi connectivity index (χ2v) is 5.43. The number of benzene rings is 2. The van der Waals surface area contributed by atoms with Gasteiger partial charge in [-0.05, 0) is 35.1 Å². The number of rotatable bonds is 3. The minimum absolute atomic E-state index is 0.105. The van der Waals surface area contributed by atoms with Crippen molar-refractivity contribution in [3.05, 3.63) is 65.6 Å². The quantitative estimate of drug-likeness (QED) is 0.789. The van der Waals surface area contributed by atoms with Gasteiger partial charge in [-0.2, -0.15) is 0 Å². The van der Waals surface area contributed by atoms with Gasteiger partial charge in [0.1, 0.15) is 6.61 Å². The van der Waals surface area contributed by atoms with E-state index in [9.17, 15) is 4.79 Å². The molecule has 0 unspecified atom stereocenters. The van der Waals surface area contributed by atoms with Gasteiger partial charge in [0, 0.05) is 5.92 Å². The summed E-state index contributed by atoms with van der Waals surface area (Å²) < 4.78 is 5.49. The van der Waals surface area contributed by atoms with Crippen LogP contribution in [0.15, 0.2) is 48.5 Å². The van der Waals surface area contributed by atoms with Gasteiger partial charge < -0.3 is 4.74 Å². The fraction of sp³-hybridized carbons (Fsp3) is 0.222. The van der Waals surface area contributed by atoms with Crippen molar-refractivity contribution in [1.82, 2.24) is 0 Å². The Morgan fingerprint density at radius 1 is 0.950 bits per heavy atom. The molecule has 2 aromatic carbocycles. The monoisotopic (exact) mass is 263 g/mol. The highest BCUT2D eigenvalue weighted by atomic mass is 16.5. The van der Waals surface area contributed by atoms with Crippen LogP contribution in [-0.2, 0) is 9.53 Å². The molecule has 1 radical (unpaired) electrons. The number of esters is 1. The SMILES string of the molecule is O=C(OCC1c2ccccc2-c2ccccc21)[C]1CC1. The van der Waals surface area contributed by atoms with E-state index in [-0.39, 0.29) is 11.9 Å². The molecular weight excluding hydrogens is 248 g/mol. The molecule has 1 saturated carbocycles. The average molecular weight is 263 g/mol. The van der Waals surface area contributed by atoms with Crippen molar-refractivity contribution in [1.29, 1.82) is 0 Å². The molecule has 99 valence electrons. The van der Waals surface area contributed by atoms with Crippen LogP contribution in [0.4, 0.5) is 0 Å². The van der Waals surface area contributed by atoms with Gasteiger partial charge in [-0.15, -0.1) is 0 Å². The van der Waals surface area contributed by atoms with E-state index in [0.717, 1.165) is 18.8 Å². The molecule has 0 N–H and O–H groups in total. The number of carbonyl (C=O) groups excluding carboxylic acids is 1. The normalized spacial score (nSPS) is 16.6. The van der Waals surface area contributed by atoms with E-state index < -0.39 is 0 Å². The molecule has 0 saturated heterocycles. The Labute approximate surface area is 118 Å².